The minimum Gasteiger partial charge on any atom is -0.320 e. The van der Waals surface area contributed by atoms with E-state index in [1.165, 1.54) is 31.4 Å². The van der Waals surface area contributed by atoms with Crippen molar-refractivity contribution in [2.45, 2.75) is 19.3 Å². The first-order chi connectivity index (χ1) is 13.7. The molecule has 1 N–H and O–H groups in total. The van der Waals surface area contributed by atoms with Gasteiger partial charge in [0.05, 0.1) is 0 Å². The molecule has 0 aliphatic carbocycles. The predicted octanol–water partition coefficient (Wildman–Crippen LogP) is 4.86. The topological polar surface area (TPSA) is 35.6 Å². The summed E-state index contributed by atoms with van der Waals surface area (Å²) in [5, 5.41) is 2.81. The minimum atomic E-state index is -0.360. The summed E-state index contributed by atoms with van der Waals surface area (Å²) in [6, 6.07) is 15.8. The second-order valence-corrected chi connectivity index (χ2v) is 7.10. The SMILES string of the molecule is O=C(Nc1cccc(F)c1)N(C/C=C/c1ccccc1)CCN1CCCCC1. The van der Waals surface area contributed by atoms with Crippen molar-refractivity contribution in [1.82, 2.24) is 9.80 Å². The molecule has 0 saturated carbocycles. The Kier molecular flexibility index (Phi) is 7.62. The zero-order valence-electron chi connectivity index (χ0n) is 16.2. The van der Waals surface area contributed by atoms with Crippen LogP contribution in [0.2, 0.25) is 0 Å². The first-order valence-corrected chi connectivity index (χ1v) is 9.96. The molecule has 3 rings (SSSR count). The molecule has 2 aromatic rings. The third-order valence-electron chi connectivity index (χ3n) is 4.93. The number of rotatable bonds is 7. The lowest BCUT2D eigenvalue weighted by Gasteiger charge is -2.29. The van der Waals surface area contributed by atoms with Crippen molar-refractivity contribution in [3.05, 3.63) is 72.1 Å². The molecule has 0 radical (unpaired) electrons. The molecular weight excluding hydrogens is 353 g/mol. The monoisotopic (exact) mass is 381 g/mol. The van der Waals surface area contributed by atoms with Gasteiger partial charge in [-0.3, -0.25) is 0 Å². The molecule has 4 nitrogen and oxygen atoms in total. The lowest BCUT2D eigenvalue weighted by molar-refractivity contribution is 0.186. The number of benzene rings is 2. The van der Waals surface area contributed by atoms with E-state index < -0.39 is 0 Å². The van der Waals surface area contributed by atoms with Gasteiger partial charge in [-0.1, -0.05) is 55.0 Å². The van der Waals surface area contributed by atoms with Crippen molar-refractivity contribution in [2.24, 2.45) is 0 Å². The molecule has 0 bridgehead atoms. The van der Waals surface area contributed by atoms with E-state index in [1.54, 1.807) is 17.0 Å². The largest absolute Gasteiger partial charge is 0.322 e. The maximum atomic E-state index is 13.4. The maximum Gasteiger partial charge on any atom is 0.322 e. The first kappa shape index (κ1) is 20.1. The van der Waals surface area contributed by atoms with E-state index in [9.17, 15) is 9.18 Å². The van der Waals surface area contributed by atoms with Gasteiger partial charge in [0.25, 0.3) is 0 Å². The van der Waals surface area contributed by atoms with Crippen LogP contribution < -0.4 is 5.32 Å². The van der Waals surface area contributed by atoms with Gasteiger partial charge in [-0.25, -0.2) is 9.18 Å². The van der Waals surface area contributed by atoms with Crippen LogP contribution in [0.3, 0.4) is 0 Å². The number of hydrogen-bond donors (Lipinski definition) is 1. The highest BCUT2D eigenvalue weighted by atomic mass is 19.1. The van der Waals surface area contributed by atoms with Crippen LogP contribution in [0.25, 0.3) is 6.08 Å². The van der Waals surface area contributed by atoms with Gasteiger partial charge in [0.15, 0.2) is 0 Å². The Labute approximate surface area is 166 Å². The fourth-order valence-electron chi connectivity index (χ4n) is 3.37. The van der Waals surface area contributed by atoms with Gasteiger partial charge < -0.3 is 15.1 Å². The Balaban J connectivity index is 1.61. The van der Waals surface area contributed by atoms with Gasteiger partial charge in [-0.15, -0.1) is 0 Å². The Morgan fingerprint density at radius 1 is 1.07 bits per heavy atom. The van der Waals surface area contributed by atoms with Crippen LogP contribution in [-0.2, 0) is 0 Å². The van der Waals surface area contributed by atoms with Gasteiger partial charge in [-0.05, 0) is 49.7 Å². The van der Waals surface area contributed by atoms with E-state index in [-0.39, 0.29) is 11.8 Å². The van der Waals surface area contributed by atoms with Gasteiger partial charge >= 0.3 is 6.03 Å². The molecule has 2 aromatic carbocycles. The summed E-state index contributed by atoms with van der Waals surface area (Å²) in [6.07, 6.45) is 7.76. The Morgan fingerprint density at radius 2 is 1.86 bits per heavy atom. The lowest BCUT2D eigenvalue weighted by Crippen LogP contribution is -2.42. The zero-order chi connectivity index (χ0) is 19.6. The smallest absolute Gasteiger partial charge is 0.320 e. The number of nitrogens with zero attached hydrogens (tertiary/aromatic N) is 2. The van der Waals surface area contributed by atoms with Gasteiger partial charge in [0.1, 0.15) is 5.82 Å². The molecule has 0 aromatic heterocycles. The summed E-state index contributed by atoms with van der Waals surface area (Å²) in [4.78, 5) is 17.0. The lowest BCUT2D eigenvalue weighted by atomic mass is 10.1. The fourth-order valence-corrected chi connectivity index (χ4v) is 3.37. The molecule has 148 valence electrons. The van der Waals surface area contributed by atoms with Crippen LogP contribution in [0.1, 0.15) is 24.8 Å². The van der Waals surface area contributed by atoms with Crippen LogP contribution in [0.4, 0.5) is 14.9 Å². The standard InChI is InChI=1S/C23H28FN3O/c24-21-12-7-13-22(19-21)25-23(28)27(18-17-26-14-5-2-6-15-26)16-8-11-20-9-3-1-4-10-20/h1,3-4,7-13,19H,2,5-6,14-18H2,(H,25,28)/b11-8+. The van der Waals surface area contributed by atoms with Crippen molar-refractivity contribution in [3.8, 4) is 0 Å². The second-order valence-electron chi connectivity index (χ2n) is 7.10. The number of urea groups is 1. The third-order valence-corrected chi connectivity index (χ3v) is 4.93. The fraction of sp³-hybridized carbons (Fsp3) is 0.348. The molecule has 1 heterocycles. The molecule has 1 saturated heterocycles. The normalized spacial score (nSPS) is 14.9. The number of halogens is 1. The quantitative estimate of drug-likeness (QED) is 0.743. The number of amides is 2. The molecule has 0 spiro atoms. The van der Waals surface area contributed by atoms with E-state index in [0.29, 0.717) is 18.8 Å². The van der Waals surface area contributed by atoms with Crippen molar-refractivity contribution < 1.29 is 9.18 Å². The summed E-state index contributed by atoms with van der Waals surface area (Å²) < 4.78 is 13.4. The highest BCUT2D eigenvalue weighted by molar-refractivity contribution is 5.89. The van der Waals surface area contributed by atoms with Crippen molar-refractivity contribution >= 4 is 17.8 Å². The summed E-state index contributed by atoms with van der Waals surface area (Å²) in [5.41, 5.74) is 1.57. The molecule has 1 aliphatic heterocycles. The van der Waals surface area contributed by atoms with E-state index in [1.807, 2.05) is 42.5 Å². The average molecular weight is 381 g/mol. The summed E-state index contributed by atoms with van der Waals surface area (Å²) in [5.74, 6) is -0.360. The molecule has 0 unspecified atom stereocenters. The van der Waals surface area contributed by atoms with Crippen LogP contribution >= 0.6 is 0 Å². The second kappa shape index (κ2) is 10.6. The number of nitrogens with one attached hydrogen (secondary N) is 1. The molecular formula is C23H28FN3O. The maximum absolute atomic E-state index is 13.4. The van der Waals surface area contributed by atoms with Crippen molar-refractivity contribution in [2.75, 3.05) is 38.0 Å². The molecule has 5 heteroatoms. The predicted molar refractivity (Wildman–Crippen MR) is 113 cm³/mol. The van der Waals surface area contributed by atoms with Gasteiger partial charge in [0, 0.05) is 25.3 Å². The Bertz CT molecular complexity index is 772. The summed E-state index contributed by atoms with van der Waals surface area (Å²) in [7, 11) is 0. The summed E-state index contributed by atoms with van der Waals surface area (Å²) in [6.45, 7) is 4.19. The average Bonchev–Trinajstić information content (AvgIpc) is 2.72. The van der Waals surface area contributed by atoms with Crippen LogP contribution in [0.5, 0.6) is 0 Å². The van der Waals surface area contributed by atoms with E-state index >= 15 is 0 Å². The summed E-state index contributed by atoms with van der Waals surface area (Å²) >= 11 is 0. The molecule has 1 aliphatic rings. The number of carbonyl (C=O) groups is 1. The van der Waals surface area contributed by atoms with Crippen LogP contribution in [-0.4, -0.2) is 48.6 Å². The van der Waals surface area contributed by atoms with Gasteiger partial charge in [0.2, 0.25) is 0 Å². The van der Waals surface area contributed by atoms with Crippen LogP contribution in [0.15, 0.2) is 60.7 Å². The zero-order valence-corrected chi connectivity index (χ0v) is 16.2. The molecule has 2 amide bonds. The number of likely N-dealkylation sites (tertiary alicyclic amines) is 1. The van der Waals surface area contributed by atoms with Crippen molar-refractivity contribution in [3.63, 3.8) is 0 Å². The van der Waals surface area contributed by atoms with E-state index in [4.69, 9.17) is 0 Å². The van der Waals surface area contributed by atoms with E-state index in [0.717, 1.165) is 25.2 Å². The first-order valence-electron chi connectivity index (χ1n) is 9.96. The highest BCUT2D eigenvalue weighted by Crippen LogP contribution is 2.12. The minimum absolute atomic E-state index is 0.208. The highest BCUT2D eigenvalue weighted by Gasteiger charge is 2.16. The Hall–Kier alpha value is -2.66. The number of hydrogen-bond acceptors (Lipinski definition) is 2. The molecule has 0 atom stereocenters. The molecule has 28 heavy (non-hydrogen) atoms. The number of anilines is 1. The molecule has 1 fully saturated rings. The van der Waals surface area contributed by atoms with Crippen LogP contribution in [0, 0.1) is 5.82 Å². The number of piperidine rings is 1. The Morgan fingerprint density at radius 3 is 2.61 bits per heavy atom. The number of carbonyl (C=O) groups excluding carboxylic acids is 1. The van der Waals surface area contributed by atoms with Gasteiger partial charge in [-0.2, -0.15) is 0 Å². The van der Waals surface area contributed by atoms with E-state index in [2.05, 4.69) is 10.2 Å². The third kappa shape index (κ3) is 6.50. The van der Waals surface area contributed by atoms with Crippen molar-refractivity contribution in [1.29, 1.82) is 0 Å².